The smallest absolute Gasteiger partial charge is 0.233 e. The highest BCUT2D eigenvalue weighted by Gasteiger charge is 2.40. The van der Waals surface area contributed by atoms with Gasteiger partial charge in [-0.25, -0.2) is 0 Å². The van der Waals surface area contributed by atoms with E-state index in [4.69, 9.17) is 4.74 Å². The Morgan fingerprint density at radius 1 is 1.27 bits per heavy atom. The molecule has 1 aromatic rings. The summed E-state index contributed by atoms with van der Waals surface area (Å²) in [6, 6.07) is 8.06. The Bertz CT molecular complexity index is 509. The Labute approximate surface area is 133 Å². The second-order valence-corrected chi connectivity index (χ2v) is 7.21. The van der Waals surface area contributed by atoms with Crippen LogP contribution in [-0.2, 0) is 14.9 Å². The Kier molecular flexibility index (Phi) is 5.24. The summed E-state index contributed by atoms with van der Waals surface area (Å²) in [5.74, 6) is 0.0764. The minimum atomic E-state index is -0.426. The van der Waals surface area contributed by atoms with E-state index >= 15 is 0 Å². The first-order chi connectivity index (χ1) is 10.4. The number of carbonyl (C=O) groups excluding carboxylic acids is 1. The molecule has 0 bridgehead atoms. The third-order valence-electron chi connectivity index (χ3n) is 4.45. The lowest BCUT2D eigenvalue weighted by Crippen LogP contribution is -2.47. The van der Waals surface area contributed by atoms with Gasteiger partial charge in [-0.2, -0.15) is 0 Å². The topological polar surface area (TPSA) is 50.4 Å². The molecule has 2 rings (SSSR count). The largest absolute Gasteiger partial charge is 0.384 e. The first-order valence-corrected chi connectivity index (χ1v) is 8.00. The van der Waals surface area contributed by atoms with E-state index in [1.807, 2.05) is 18.2 Å². The number of ether oxygens (including phenoxy) is 1. The summed E-state index contributed by atoms with van der Waals surface area (Å²) in [5.41, 5.74) is 1.64. The third kappa shape index (κ3) is 3.68. The first-order valence-electron chi connectivity index (χ1n) is 8.00. The van der Waals surface area contributed by atoms with Crippen molar-refractivity contribution < 1.29 is 9.53 Å². The summed E-state index contributed by atoms with van der Waals surface area (Å²) in [7, 11) is 1.67. The molecular weight excluding hydrogens is 276 g/mol. The van der Waals surface area contributed by atoms with Crippen molar-refractivity contribution in [3.05, 3.63) is 29.8 Å². The van der Waals surface area contributed by atoms with Gasteiger partial charge in [-0.1, -0.05) is 39.0 Å². The van der Waals surface area contributed by atoms with Crippen LogP contribution in [0, 0.1) is 5.41 Å². The maximum atomic E-state index is 12.9. The van der Waals surface area contributed by atoms with Crippen LogP contribution < -0.4 is 10.6 Å². The quantitative estimate of drug-likeness (QED) is 0.899. The molecule has 0 aromatic heterocycles. The molecule has 4 heteroatoms. The van der Waals surface area contributed by atoms with Crippen LogP contribution in [0.15, 0.2) is 24.3 Å². The van der Waals surface area contributed by atoms with Gasteiger partial charge in [-0.3, -0.25) is 4.79 Å². The Balaban J connectivity index is 2.24. The highest BCUT2D eigenvalue weighted by Crippen LogP contribution is 2.34. The minimum Gasteiger partial charge on any atom is -0.384 e. The number of hydrogen-bond acceptors (Lipinski definition) is 3. The molecule has 0 saturated carbocycles. The van der Waals surface area contributed by atoms with Gasteiger partial charge >= 0.3 is 0 Å². The number of para-hydroxylation sites is 1. The SMILES string of the molecule is COCC1(C(=O)Nc2ccccc2C(C)(C)C)CCNCC1. The van der Waals surface area contributed by atoms with Crippen molar-refractivity contribution in [2.75, 3.05) is 32.1 Å². The molecule has 1 aliphatic heterocycles. The molecule has 22 heavy (non-hydrogen) atoms. The van der Waals surface area contributed by atoms with Crippen LogP contribution in [0.5, 0.6) is 0 Å². The van der Waals surface area contributed by atoms with Crippen LogP contribution in [0.2, 0.25) is 0 Å². The van der Waals surface area contributed by atoms with Crippen molar-refractivity contribution in [1.82, 2.24) is 5.32 Å². The van der Waals surface area contributed by atoms with Gasteiger partial charge in [0.15, 0.2) is 0 Å². The van der Waals surface area contributed by atoms with Crippen molar-refractivity contribution in [1.29, 1.82) is 0 Å². The molecular formula is C18H28N2O2. The van der Waals surface area contributed by atoms with E-state index in [9.17, 15) is 4.79 Å². The maximum Gasteiger partial charge on any atom is 0.233 e. The lowest BCUT2D eigenvalue weighted by Gasteiger charge is -2.36. The zero-order valence-corrected chi connectivity index (χ0v) is 14.2. The summed E-state index contributed by atoms with van der Waals surface area (Å²) in [5, 5.41) is 6.48. The van der Waals surface area contributed by atoms with E-state index in [-0.39, 0.29) is 11.3 Å². The number of carbonyl (C=O) groups is 1. The summed E-state index contributed by atoms with van der Waals surface area (Å²) in [6.45, 7) is 8.67. The van der Waals surface area contributed by atoms with Gasteiger partial charge in [-0.15, -0.1) is 0 Å². The fraction of sp³-hybridized carbons (Fsp3) is 0.611. The summed E-state index contributed by atoms with van der Waals surface area (Å²) in [4.78, 5) is 12.9. The van der Waals surface area contributed by atoms with Gasteiger partial charge in [0, 0.05) is 12.8 Å². The number of amides is 1. The molecule has 1 aromatic carbocycles. The third-order valence-corrected chi connectivity index (χ3v) is 4.45. The summed E-state index contributed by atoms with van der Waals surface area (Å²) >= 11 is 0. The number of methoxy groups -OCH3 is 1. The number of hydrogen-bond donors (Lipinski definition) is 2. The molecule has 1 aliphatic rings. The highest BCUT2D eigenvalue weighted by atomic mass is 16.5. The van der Waals surface area contributed by atoms with Crippen molar-refractivity contribution in [3.63, 3.8) is 0 Å². The molecule has 1 heterocycles. The standard InChI is InChI=1S/C18H28N2O2/c1-17(2,3)14-7-5-6-8-15(14)20-16(21)18(13-22-4)9-11-19-12-10-18/h5-8,19H,9-13H2,1-4H3,(H,20,21). The predicted molar refractivity (Wildman–Crippen MR) is 90.2 cm³/mol. The van der Waals surface area contributed by atoms with Crippen LogP contribution in [-0.4, -0.2) is 32.7 Å². The first kappa shape index (κ1) is 17.0. The van der Waals surface area contributed by atoms with Crippen LogP contribution >= 0.6 is 0 Å². The van der Waals surface area contributed by atoms with Gasteiger partial charge in [0.1, 0.15) is 0 Å². The van der Waals surface area contributed by atoms with E-state index in [2.05, 4.69) is 37.5 Å². The van der Waals surface area contributed by atoms with Crippen LogP contribution in [0.3, 0.4) is 0 Å². The van der Waals surface area contributed by atoms with Crippen LogP contribution in [0.25, 0.3) is 0 Å². The van der Waals surface area contributed by atoms with Gasteiger partial charge in [0.05, 0.1) is 12.0 Å². The molecule has 122 valence electrons. The second-order valence-electron chi connectivity index (χ2n) is 7.21. The molecule has 0 unspecified atom stereocenters. The van der Waals surface area contributed by atoms with Crippen molar-refractivity contribution in [2.24, 2.45) is 5.41 Å². The monoisotopic (exact) mass is 304 g/mol. The fourth-order valence-electron chi connectivity index (χ4n) is 3.12. The number of nitrogens with one attached hydrogen (secondary N) is 2. The molecule has 0 radical (unpaired) electrons. The minimum absolute atomic E-state index is 0.00753. The van der Waals surface area contributed by atoms with Crippen LogP contribution in [0.1, 0.15) is 39.2 Å². The molecule has 1 saturated heterocycles. The van der Waals surface area contributed by atoms with Gasteiger partial charge in [-0.05, 0) is 43.0 Å². The fourth-order valence-corrected chi connectivity index (χ4v) is 3.12. The molecule has 4 nitrogen and oxygen atoms in total. The average Bonchev–Trinajstić information content (AvgIpc) is 2.48. The number of rotatable bonds is 4. The second kappa shape index (κ2) is 6.80. The van der Waals surface area contributed by atoms with Gasteiger partial charge < -0.3 is 15.4 Å². The van der Waals surface area contributed by atoms with Crippen molar-refractivity contribution in [3.8, 4) is 0 Å². The molecule has 1 fully saturated rings. The molecule has 0 aliphatic carbocycles. The molecule has 0 atom stereocenters. The Hall–Kier alpha value is -1.39. The zero-order valence-electron chi connectivity index (χ0n) is 14.2. The maximum absolute atomic E-state index is 12.9. The van der Waals surface area contributed by atoms with E-state index < -0.39 is 5.41 Å². The van der Waals surface area contributed by atoms with E-state index in [0.29, 0.717) is 6.61 Å². The lowest BCUT2D eigenvalue weighted by molar-refractivity contribution is -0.130. The molecule has 1 amide bonds. The number of piperidine rings is 1. The Morgan fingerprint density at radius 2 is 1.91 bits per heavy atom. The normalized spacial score (nSPS) is 18.0. The van der Waals surface area contributed by atoms with Crippen LogP contribution in [0.4, 0.5) is 5.69 Å². The zero-order chi connectivity index (χ0) is 16.2. The molecule has 0 spiro atoms. The predicted octanol–water partition coefficient (Wildman–Crippen LogP) is 2.94. The van der Waals surface area contributed by atoms with Gasteiger partial charge in [0.25, 0.3) is 0 Å². The number of anilines is 1. The number of benzene rings is 1. The van der Waals surface area contributed by atoms with E-state index in [0.717, 1.165) is 37.2 Å². The lowest BCUT2D eigenvalue weighted by atomic mass is 9.78. The van der Waals surface area contributed by atoms with E-state index in [1.54, 1.807) is 7.11 Å². The van der Waals surface area contributed by atoms with Gasteiger partial charge in [0.2, 0.25) is 5.91 Å². The molecule has 2 N–H and O–H groups in total. The summed E-state index contributed by atoms with van der Waals surface area (Å²) in [6.07, 6.45) is 1.62. The summed E-state index contributed by atoms with van der Waals surface area (Å²) < 4.78 is 5.35. The van der Waals surface area contributed by atoms with E-state index in [1.165, 1.54) is 0 Å². The van der Waals surface area contributed by atoms with Crippen molar-refractivity contribution in [2.45, 2.75) is 39.0 Å². The average molecular weight is 304 g/mol. The Morgan fingerprint density at radius 3 is 2.50 bits per heavy atom. The highest BCUT2D eigenvalue weighted by molar-refractivity contribution is 5.96. The van der Waals surface area contributed by atoms with Crippen molar-refractivity contribution >= 4 is 11.6 Å².